The van der Waals surface area contributed by atoms with Crippen molar-refractivity contribution in [1.29, 1.82) is 0 Å². The lowest BCUT2D eigenvalue weighted by molar-refractivity contribution is -0.116. The lowest BCUT2D eigenvalue weighted by Crippen LogP contribution is -2.11. The summed E-state index contributed by atoms with van der Waals surface area (Å²) in [5.41, 5.74) is 0.715. The van der Waals surface area contributed by atoms with Crippen LogP contribution < -0.4 is 5.32 Å². The second-order valence-corrected chi connectivity index (χ2v) is 4.01. The molecular formula is C13H16N4O. The van der Waals surface area contributed by atoms with E-state index in [1.807, 2.05) is 24.4 Å². The molecule has 0 spiro atoms. The number of pyridine rings is 1. The molecule has 1 amide bonds. The van der Waals surface area contributed by atoms with Crippen molar-refractivity contribution in [2.45, 2.75) is 26.2 Å². The zero-order valence-electron chi connectivity index (χ0n) is 10.3. The molecule has 0 unspecified atom stereocenters. The average Bonchev–Trinajstić information content (AvgIpc) is 2.91. The fraction of sp³-hybridized carbons (Fsp3) is 0.308. The molecule has 0 bridgehead atoms. The quantitative estimate of drug-likeness (QED) is 0.878. The van der Waals surface area contributed by atoms with E-state index in [2.05, 4.69) is 22.3 Å². The topological polar surface area (TPSA) is 59.8 Å². The summed E-state index contributed by atoms with van der Waals surface area (Å²) in [4.78, 5) is 15.8. The molecule has 94 valence electrons. The van der Waals surface area contributed by atoms with E-state index < -0.39 is 0 Å². The lowest BCUT2D eigenvalue weighted by atomic mass is 10.2. The molecule has 0 aliphatic rings. The predicted octanol–water partition coefficient (Wildman–Crippen LogP) is 2.40. The molecule has 2 aromatic rings. The van der Waals surface area contributed by atoms with Gasteiger partial charge in [0.1, 0.15) is 0 Å². The number of carbonyl (C=O) groups excluding carboxylic acids is 1. The highest BCUT2D eigenvalue weighted by Gasteiger charge is 2.02. The van der Waals surface area contributed by atoms with E-state index in [1.54, 1.807) is 17.1 Å². The van der Waals surface area contributed by atoms with E-state index in [4.69, 9.17) is 0 Å². The van der Waals surface area contributed by atoms with Crippen LogP contribution >= 0.6 is 0 Å². The van der Waals surface area contributed by atoms with Crippen LogP contribution in [-0.4, -0.2) is 20.7 Å². The summed E-state index contributed by atoms with van der Waals surface area (Å²) >= 11 is 0. The van der Waals surface area contributed by atoms with Gasteiger partial charge in [-0.1, -0.05) is 13.3 Å². The normalized spacial score (nSPS) is 10.3. The molecule has 5 nitrogen and oxygen atoms in total. The van der Waals surface area contributed by atoms with Gasteiger partial charge >= 0.3 is 0 Å². The number of nitrogens with zero attached hydrogens (tertiary/aromatic N) is 3. The van der Waals surface area contributed by atoms with E-state index in [-0.39, 0.29) is 5.91 Å². The summed E-state index contributed by atoms with van der Waals surface area (Å²) in [6.07, 6.45) is 7.64. The number of amides is 1. The van der Waals surface area contributed by atoms with Gasteiger partial charge in [-0.15, -0.1) is 0 Å². The third-order valence-electron chi connectivity index (χ3n) is 2.53. The minimum Gasteiger partial charge on any atom is -0.325 e. The number of rotatable bonds is 5. The highest BCUT2D eigenvalue weighted by atomic mass is 16.1. The van der Waals surface area contributed by atoms with Gasteiger partial charge in [-0.25, -0.2) is 9.67 Å². The first-order chi connectivity index (χ1) is 8.79. The Morgan fingerprint density at radius 3 is 2.94 bits per heavy atom. The van der Waals surface area contributed by atoms with Crippen LogP contribution in [0.2, 0.25) is 0 Å². The van der Waals surface area contributed by atoms with Crippen LogP contribution in [-0.2, 0) is 4.79 Å². The van der Waals surface area contributed by atoms with Gasteiger partial charge in [0.15, 0.2) is 5.82 Å². The summed E-state index contributed by atoms with van der Waals surface area (Å²) in [7, 11) is 0. The van der Waals surface area contributed by atoms with Crippen LogP contribution in [0.5, 0.6) is 0 Å². The van der Waals surface area contributed by atoms with Crippen molar-refractivity contribution in [3.8, 4) is 5.82 Å². The number of hydrogen-bond donors (Lipinski definition) is 1. The van der Waals surface area contributed by atoms with Crippen molar-refractivity contribution in [2.75, 3.05) is 5.32 Å². The molecule has 0 aliphatic heterocycles. The standard InChI is InChI=1S/C13H16N4O/c1-2-3-5-13(18)16-11-6-7-12(14-10-11)17-9-4-8-15-17/h4,6-10H,2-3,5H2,1H3,(H,16,18). The minimum atomic E-state index is 0.0329. The summed E-state index contributed by atoms with van der Waals surface area (Å²) in [6.45, 7) is 2.06. The highest BCUT2D eigenvalue weighted by Crippen LogP contribution is 2.09. The summed E-state index contributed by atoms with van der Waals surface area (Å²) in [6, 6.07) is 5.48. The maximum Gasteiger partial charge on any atom is 0.224 e. The van der Waals surface area contributed by atoms with Gasteiger partial charge in [0.2, 0.25) is 5.91 Å². The number of aromatic nitrogens is 3. The predicted molar refractivity (Wildman–Crippen MR) is 69.5 cm³/mol. The largest absolute Gasteiger partial charge is 0.325 e. The molecule has 0 saturated heterocycles. The fourth-order valence-corrected chi connectivity index (χ4v) is 1.56. The Balaban J connectivity index is 1.98. The molecule has 18 heavy (non-hydrogen) atoms. The van der Waals surface area contributed by atoms with Gasteiger partial charge in [-0.05, 0) is 24.6 Å². The molecule has 0 fully saturated rings. The Kier molecular flexibility index (Phi) is 4.06. The molecule has 5 heteroatoms. The van der Waals surface area contributed by atoms with Gasteiger partial charge in [-0.2, -0.15) is 5.10 Å². The van der Waals surface area contributed by atoms with Gasteiger partial charge in [0, 0.05) is 18.8 Å². The van der Waals surface area contributed by atoms with Crippen LogP contribution in [0, 0.1) is 0 Å². The fourth-order valence-electron chi connectivity index (χ4n) is 1.56. The zero-order chi connectivity index (χ0) is 12.8. The van der Waals surface area contributed by atoms with Gasteiger partial charge < -0.3 is 5.32 Å². The van der Waals surface area contributed by atoms with Crippen molar-refractivity contribution in [1.82, 2.24) is 14.8 Å². The maximum absolute atomic E-state index is 11.5. The third kappa shape index (κ3) is 3.16. The number of unbranched alkanes of at least 4 members (excludes halogenated alkanes) is 1. The zero-order valence-corrected chi connectivity index (χ0v) is 10.3. The summed E-state index contributed by atoms with van der Waals surface area (Å²) in [5, 5.41) is 6.90. The van der Waals surface area contributed by atoms with Crippen molar-refractivity contribution in [3.05, 3.63) is 36.8 Å². The van der Waals surface area contributed by atoms with Crippen molar-refractivity contribution >= 4 is 11.6 Å². The van der Waals surface area contributed by atoms with Gasteiger partial charge in [0.05, 0.1) is 11.9 Å². The number of anilines is 1. The Morgan fingerprint density at radius 1 is 1.44 bits per heavy atom. The average molecular weight is 244 g/mol. The van der Waals surface area contributed by atoms with Crippen LogP contribution in [0.15, 0.2) is 36.8 Å². The molecule has 2 heterocycles. The van der Waals surface area contributed by atoms with Gasteiger partial charge in [-0.3, -0.25) is 4.79 Å². The molecule has 0 radical (unpaired) electrons. The van der Waals surface area contributed by atoms with Crippen LogP contribution in [0.3, 0.4) is 0 Å². The Hall–Kier alpha value is -2.17. The second-order valence-electron chi connectivity index (χ2n) is 4.01. The molecule has 0 aliphatic carbocycles. The first-order valence-electron chi connectivity index (χ1n) is 6.05. The molecular weight excluding hydrogens is 228 g/mol. The van der Waals surface area contributed by atoms with Crippen molar-refractivity contribution in [2.24, 2.45) is 0 Å². The molecule has 2 rings (SSSR count). The molecule has 1 N–H and O–H groups in total. The number of hydrogen-bond acceptors (Lipinski definition) is 3. The monoisotopic (exact) mass is 244 g/mol. The Bertz CT molecular complexity index is 490. The van der Waals surface area contributed by atoms with E-state index in [9.17, 15) is 4.79 Å². The number of carbonyl (C=O) groups is 1. The Morgan fingerprint density at radius 2 is 2.33 bits per heavy atom. The highest BCUT2D eigenvalue weighted by molar-refractivity contribution is 5.90. The Labute approximate surface area is 106 Å². The smallest absolute Gasteiger partial charge is 0.224 e. The SMILES string of the molecule is CCCCC(=O)Nc1ccc(-n2cccn2)nc1. The molecule has 0 aromatic carbocycles. The van der Waals surface area contributed by atoms with Crippen molar-refractivity contribution in [3.63, 3.8) is 0 Å². The minimum absolute atomic E-state index is 0.0329. The summed E-state index contributed by atoms with van der Waals surface area (Å²) in [5.74, 6) is 0.761. The van der Waals surface area contributed by atoms with Gasteiger partial charge in [0.25, 0.3) is 0 Å². The van der Waals surface area contributed by atoms with E-state index in [0.29, 0.717) is 12.1 Å². The third-order valence-corrected chi connectivity index (χ3v) is 2.53. The van der Waals surface area contributed by atoms with E-state index in [1.165, 1.54) is 0 Å². The molecule has 2 aromatic heterocycles. The first kappa shape index (κ1) is 12.3. The van der Waals surface area contributed by atoms with Crippen LogP contribution in [0.1, 0.15) is 26.2 Å². The van der Waals surface area contributed by atoms with Crippen LogP contribution in [0.4, 0.5) is 5.69 Å². The maximum atomic E-state index is 11.5. The summed E-state index contributed by atoms with van der Waals surface area (Å²) < 4.78 is 1.67. The molecule has 0 atom stereocenters. The van der Waals surface area contributed by atoms with Crippen LogP contribution in [0.25, 0.3) is 5.82 Å². The molecule has 0 saturated carbocycles. The second kappa shape index (κ2) is 5.95. The van der Waals surface area contributed by atoms with Crippen molar-refractivity contribution < 1.29 is 4.79 Å². The van der Waals surface area contributed by atoms with E-state index >= 15 is 0 Å². The first-order valence-corrected chi connectivity index (χ1v) is 6.05. The number of nitrogens with one attached hydrogen (secondary N) is 1. The van der Waals surface area contributed by atoms with E-state index in [0.717, 1.165) is 18.7 Å². The lowest BCUT2D eigenvalue weighted by Gasteiger charge is -2.05.